The number of piperidine rings is 1. The molecule has 4 nitrogen and oxygen atoms in total. The van der Waals surface area contributed by atoms with Crippen LogP contribution < -0.4 is 5.32 Å². The fourth-order valence-electron chi connectivity index (χ4n) is 3.40. The lowest BCUT2D eigenvalue weighted by Gasteiger charge is -2.31. The van der Waals surface area contributed by atoms with Gasteiger partial charge in [0.05, 0.1) is 0 Å². The highest BCUT2D eigenvalue weighted by Gasteiger charge is 2.20. The summed E-state index contributed by atoms with van der Waals surface area (Å²) in [6, 6.07) is 18.0. The maximum Gasteiger partial charge on any atom is 0.251 e. The zero-order valence-electron chi connectivity index (χ0n) is 16.4. The Morgan fingerprint density at radius 1 is 1.11 bits per heavy atom. The third kappa shape index (κ3) is 6.13. The van der Waals surface area contributed by atoms with E-state index in [0.717, 1.165) is 30.2 Å². The van der Waals surface area contributed by atoms with Gasteiger partial charge >= 0.3 is 0 Å². The highest BCUT2D eigenvalue weighted by atomic mass is 32.2. The van der Waals surface area contributed by atoms with Crippen molar-refractivity contribution in [2.75, 3.05) is 19.6 Å². The van der Waals surface area contributed by atoms with Crippen LogP contribution in [0.15, 0.2) is 59.5 Å². The number of carbonyl (C=O) groups is 2. The van der Waals surface area contributed by atoms with Crippen LogP contribution in [0.25, 0.3) is 0 Å². The minimum atomic E-state index is -0.126. The van der Waals surface area contributed by atoms with Gasteiger partial charge in [-0.2, -0.15) is 0 Å². The van der Waals surface area contributed by atoms with Gasteiger partial charge in [0.1, 0.15) is 0 Å². The van der Waals surface area contributed by atoms with E-state index in [1.807, 2.05) is 47.4 Å². The number of amides is 2. The number of carbonyl (C=O) groups excluding carboxylic acids is 2. The molecule has 0 radical (unpaired) electrons. The van der Waals surface area contributed by atoms with E-state index in [1.165, 1.54) is 12.0 Å². The molecule has 1 aliphatic rings. The second kappa shape index (κ2) is 10.3. The molecule has 1 N–H and O–H groups in total. The first kappa shape index (κ1) is 20.5. The zero-order valence-corrected chi connectivity index (χ0v) is 17.2. The number of rotatable bonds is 7. The van der Waals surface area contributed by atoms with Gasteiger partial charge < -0.3 is 10.2 Å². The maximum absolute atomic E-state index is 12.3. The van der Waals surface area contributed by atoms with Crippen LogP contribution >= 0.6 is 11.8 Å². The van der Waals surface area contributed by atoms with Gasteiger partial charge in [-0.3, -0.25) is 9.59 Å². The van der Waals surface area contributed by atoms with Gasteiger partial charge in [0.25, 0.3) is 5.91 Å². The summed E-state index contributed by atoms with van der Waals surface area (Å²) >= 11 is 1.75. The Kier molecular flexibility index (Phi) is 7.54. The molecular formula is C23H28N2O2S. The van der Waals surface area contributed by atoms with Crippen molar-refractivity contribution in [2.24, 2.45) is 5.92 Å². The number of nitrogens with zero attached hydrogens (tertiary/aromatic N) is 1. The van der Waals surface area contributed by atoms with E-state index in [-0.39, 0.29) is 11.8 Å². The molecule has 0 spiro atoms. The molecule has 1 heterocycles. The lowest BCUT2D eigenvalue weighted by Crippen LogP contribution is -2.40. The van der Waals surface area contributed by atoms with E-state index in [1.54, 1.807) is 11.8 Å². The van der Waals surface area contributed by atoms with Gasteiger partial charge in [-0.15, -0.1) is 11.8 Å². The minimum absolute atomic E-state index is 0.126. The summed E-state index contributed by atoms with van der Waals surface area (Å²) in [6.07, 6.45) is 2.64. The third-order valence-electron chi connectivity index (χ3n) is 5.00. The number of hydrogen-bond donors (Lipinski definition) is 1. The van der Waals surface area contributed by atoms with E-state index >= 15 is 0 Å². The van der Waals surface area contributed by atoms with Crippen molar-refractivity contribution in [3.05, 3.63) is 65.7 Å². The molecule has 148 valence electrons. The number of nitrogens with one attached hydrogen (secondary N) is 1. The number of likely N-dealkylation sites (tertiary alicyclic amines) is 1. The predicted octanol–water partition coefficient (Wildman–Crippen LogP) is 4.36. The van der Waals surface area contributed by atoms with Crippen LogP contribution in [0.1, 0.15) is 42.1 Å². The Morgan fingerprint density at radius 2 is 1.86 bits per heavy atom. The summed E-state index contributed by atoms with van der Waals surface area (Å²) in [5.41, 5.74) is 1.91. The van der Waals surface area contributed by atoms with Crippen LogP contribution in [0.3, 0.4) is 0 Å². The fraction of sp³-hybridized carbons (Fsp3) is 0.391. The largest absolute Gasteiger partial charge is 0.352 e. The normalized spacial score (nSPS) is 16.6. The van der Waals surface area contributed by atoms with Crippen LogP contribution in [0, 0.1) is 5.92 Å². The Labute approximate surface area is 171 Å². The standard InChI is InChI=1S/C23H28N2O2S/c1-18-6-5-15-25(16-18)22(26)13-14-24-23(27)20-9-11-21(12-10-20)28-17-19-7-3-2-4-8-19/h2-4,7-12,18H,5-6,13-17H2,1H3,(H,24,27). The van der Waals surface area contributed by atoms with E-state index < -0.39 is 0 Å². The van der Waals surface area contributed by atoms with Crippen LogP contribution in [0.4, 0.5) is 0 Å². The highest BCUT2D eigenvalue weighted by Crippen LogP contribution is 2.23. The summed E-state index contributed by atoms with van der Waals surface area (Å²) in [5.74, 6) is 1.49. The molecule has 1 unspecified atom stereocenters. The molecule has 0 bridgehead atoms. The molecule has 0 aliphatic carbocycles. The first-order valence-electron chi connectivity index (χ1n) is 9.94. The Morgan fingerprint density at radius 3 is 2.57 bits per heavy atom. The van der Waals surface area contributed by atoms with Gasteiger partial charge in [-0.05, 0) is 48.6 Å². The van der Waals surface area contributed by atoms with Crippen molar-refractivity contribution in [2.45, 2.75) is 36.8 Å². The SMILES string of the molecule is CC1CCCN(C(=O)CCNC(=O)c2ccc(SCc3ccccc3)cc2)C1. The molecule has 5 heteroatoms. The van der Waals surface area contributed by atoms with E-state index in [9.17, 15) is 9.59 Å². The van der Waals surface area contributed by atoms with Crippen LogP contribution in [0.2, 0.25) is 0 Å². The molecular weight excluding hydrogens is 368 g/mol. The molecule has 0 saturated carbocycles. The minimum Gasteiger partial charge on any atom is -0.352 e. The number of hydrogen-bond acceptors (Lipinski definition) is 3. The van der Waals surface area contributed by atoms with Gasteiger partial charge in [-0.1, -0.05) is 37.3 Å². The molecule has 0 aromatic heterocycles. The molecule has 2 aromatic rings. The van der Waals surface area contributed by atoms with Gasteiger partial charge in [0, 0.05) is 42.3 Å². The summed E-state index contributed by atoms with van der Waals surface area (Å²) < 4.78 is 0. The molecule has 1 saturated heterocycles. The predicted molar refractivity (Wildman–Crippen MR) is 114 cm³/mol. The molecule has 1 atom stereocenters. The number of benzene rings is 2. The van der Waals surface area contributed by atoms with E-state index in [2.05, 4.69) is 24.4 Å². The van der Waals surface area contributed by atoms with Crippen LogP contribution in [-0.4, -0.2) is 36.3 Å². The second-order valence-electron chi connectivity index (χ2n) is 7.39. The Balaban J connectivity index is 1.41. The maximum atomic E-state index is 12.3. The summed E-state index contributed by atoms with van der Waals surface area (Å²) in [7, 11) is 0. The van der Waals surface area contributed by atoms with E-state index in [0.29, 0.717) is 24.4 Å². The molecule has 3 rings (SSSR count). The Hall–Kier alpha value is -2.27. The lowest BCUT2D eigenvalue weighted by molar-refractivity contribution is -0.132. The summed E-state index contributed by atoms with van der Waals surface area (Å²) in [4.78, 5) is 27.6. The highest BCUT2D eigenvalue weighted by molar-refractivity contribution is 7.98. The average molecular weight is 397 g/mol. The summed E-state index contributed by atoms with van der Waals surface area (Å²) in [5, 5.41) is 2.86. The van der Waals surface area contributed by atoms with Crippen LogP contribution in [0.5, 0.6) is 0 Å². The van der Waals surface area contributed by atoms with Gasteiger partial charge in [0.2, 0.25) is 5.91 Å². The van der Waals surface area contributed by atoms with Crippen molar-refractivity contribution >= 4 is 23.6 Å². The topological polar surface area (TPSA) is 49.4 Å². The smallest absolute Gasteiger partial charge is 0.251 e. The second-order valence-corrected chi connectivity index (χ2v) is 8.44. The fourth-order valence-corrected chi connectivity index (χ4v) is 4.26. The molecule has 2 aromatic carbocycles. The molecule has 28 heavy (non-hydrogen) atoms. The monoisotopic (exact) mass is 396 g/mol. The van der Waals surface area contributed by atoms with Crippen molar-refractivity contribution in [3.8, 4) is 0 Å². The summed E-state index contributed by atoms with van der Waals surface area (Å²) in [6.45, 7) is 4.25. The molecule has 1 fully saturated rings. The third-order valence-corrected chi connectivity index (χ3v) is 6.08. The average Bonchev–Trinajstić information content (AvgIpc) is 2.73. The van der Waals surface area contributed by atoms with Crippen molar-refractivity contribution in [1.29, 1.82) is 0 Å². The van der Waals surface area contributed by atoms with Crippen molar-refractivity contribution in [3.63, 3.8) is 0 Å². The number of thioether (sulfide) groups is 1. The van der Waals surface area contributed by atoms with Gasteiger partial charge in [-0.25, -0.2) is 0 Å². The Bertz CT molecular complexity index is 777. The van der Waals surface area contributed by atoms with Gasteiger partial charge in [0.15, 0.2) is 0 Å². The lowest BCUT2D eigenvalue weighted by atomic mass is 10.00. The zero-order chi connectivity index (χ0) is 19.8. The first-order chi connectivity index (χ1) is 13.6. The first-order valence-corrected chi connectivity index (χ1v) is 10.9. The van der Waals surface area contributed by atoms with Crippen LogP contribution in [-0.2, 0) is 10.5 Å². The van der Waals surface area contributed by atoms with Crippen molar-refractivity contribution < 1.29 is 9.59 Å². The molecule has 1 aliphatic heterocycles. The molecule has 2 amide bonds. The quantitative estimate of drug-likeness (QED) is 0.708. The van der Waals surface area contributed by atoms with E-state index in [4.69, 9.17) is 0 Å². The van der Waals surface area contributed by atoms with Crippen molar-refractivity contribution in [1.82, 2.24) is 10.2 Å².